The maximum absolute atomic E-state index is 11.3. The summed E-state index contributed by atoms with van der Waals surface area (Å²) in [6.07, 6.45) is 4.38. The monoisotopic (exact) mass is 207 g/mol. The highest BCUT2D eigenvalue weighted by Crippen LogP contribution is 2.09. The lowest BCUT2D eigenvalue weighted by molar-refractivity contribution is 0.238. The highest BCUT2D eigenvalue weighted by molar-refractivity contribution is 5.74. The van der Waals surface area contributed by atoms with Crippen LogP contribution < -0.4 is 10.6 Å². The largest absolute Gasteiger partial charge is 0.338 e. The first-order valence-corrected chi connectivity index (χ1v) is 5.18. The molecule has 4 heteroatoms. The standard InChI is InChI=1S/C11H17N3O/c1-3-6-13-11(15)14-9(2)10-4-7-12-8-5-10/h4-5,7-9H,3,6H2,1-2H3,(H2,13,14,15). The smallest absolute Gasteiger partial charge is 0.315 e. The van der Waals surface area contributed by atoms with Crippen LogP contribution >= 0.6 is 0 Å². The van der Waals surface area contributed by atoms with Gasteiger partial charge in [0.25, 0.3) is 0 Å². The van der Waals surface area contributed by atoms with E-state index in [1.54, 1.807) is 12.4 Å². The fourth-order valence-electron chi connectivity index (χ4n) is 1.22. The second kappa shape index (κ2) is 6.01. The third-order valence-electron chi connectivity index (χ3n) is 2.09. The van der Waals surface area contributed by atoms with Crippen molar-refractivity contribution in [1.82, 2.24) is 15.6 Å². The number of hydrogen-bond acceptors (Lipinski definition) is 2. The van der Waals surface area contributed by atoms with Gasteiger partial charge in [0.2, 0.25) is 0 Å². The van der Waals surface area contributed by atoms with Crippen LogP contribution in [0.1, 0.15) is 31.9 Å². The maximum atomic E-state index is 11.3. The van der Waals surface area contributed by atoms with Gasteiger partial charge in [-0.3, -0.25) is 4.98 Å². The quantitative estimate of drug-likeness (QED) is 0.791. The van der Waals surface area contributed by atoms with Crippen molar-refractivity contribution < 1.29 is 4.79 Å². The van der Waals surface area contributed by atoms with Crippen LogP contribution in [0.25, 0.3) is 0 Å². The normalized spacial score (nSPS) is 11.9. The zero-order chi connectivity index (χ0) is 11.1. The average molecular weight is 207 g/mol. The van der Waals surface area contributed by atoms with E-state index in [2.05, 4.69) is 15.6 Å². The van der Waals surface area contributed by atoms with Crippen molar-refractivity contribution in [2.45, 2.75) is 26.3 Å². The van der Waals surface area contributed by atoms with Crippen LogP contribution in [-0.4, -0.2) is 17.6 Å². The molecule has 4 nitrogen and oxygen atoms in total. The van der Waals surface area contributed by atoms with E-state index in [9.17, 15) is 4.79 Å². The summed E-state index contributed by atoms with van der Waals surface area (Å²) in [6, 6.07) is 3.67. The van der Waals surface area contributed by atoms with Crippen molar-refractivity contribution in [1.29, 1.82) is 0 Å². The van der Waals surface area contributed by atoms with E-state index in [-0.39, 0.29) is 12.1 Å². The molecule has 0 fully saturated rings. The molecule has 1 rings (SSSR count). The molecule has 1 aromatic rings. The first-order chi connectivity index (χ1) is 7.24. The number of aromatic nitrogens is 1. The zero-order valence-electron chi connectivity index (χ0n) is 9.16. The van der Waals surface area contributed by atoms with Gasteiger partial charge in [-0.05, 0) is 31.0 Å². The third kappa shape index (κ3) is 3.97. The molecule has 0 aliphatic carbocycles. The van der Waals surface area contributed by atoms with Gasteiger partial charge in [-0.25, -0.2) is 4.79 Å². The molecule has 2 amide bonds. The summed E-state index contributed by atoms with van der Waals surface area (Å²) in [5.41, 5.74) is 1.05. The van der Waals surface area contributed by atoms with Crippen LogP contribution in [0.15, 0.2) is 24.5 Å². The maximum Gasteiger partial charge on any atom is 0.315 e. The Labute approximate surface area is 90.1 Å². The molecular formula is C11H17N3O. The molecule has 1 atom stereocenters. The fraction of sp³-hybridized carbons (Fsp3) is 0.455. The molecular weight excluding hydrogens is 190 g/mol. The molecule has 0 aromatic carbocycles. The van der Waals surface area contributed by atoms with Crippen molar-refractivity contribution >= 4 is 6.03 Å². The molecule has 0 aliphatic rings. The predicted octanol–water partition coefficient (Wildman–Crippen LogP) is 1.85. The minimum atomic E-state index is -0.124. The molecule has 82 valence electrons. The molecule has 1 heterocycles. The minimum Gasteiger partial charge on any atom is -0.338 e. The predicted molar refractivity (Wildman–Crippen MR) is 59.5 cm³/mol. The number of carbonyl (C=O) groups is 1. The minimum absolute atomic E-state index is 0.00450. The van der Waals surface area contributed by atoms with Gasteiger partial charge in [-0.15, -0.1) is 0 Å². The second-order valence-electron chi connectivity index (χ2n) is 3.40. The Morgan fingerprint density at radius 2 is 2.13 bits per heavy atom. The lowest BCUT2D eigenvalue weighted by Gasteiger charge is -2.14. The van der Waals surface area contributed by atoms with Gasteiger partial charge in [-0.2, -0.15) is 0 Å². The summed E-state index contributed by atoms with van der Waals surface area (Å²) < 4.78 is 0. The van der Waals surface area contributed by atoms with Crippen molar-refractivity contribution in [2.75, 3.05) is 6.54 Å². The first-order valence-electron chi connectivity index (χ1n) is 5.18. The molecule has 2 N–H and O–H groups in total. The van der Waals surface area contributed by atoms with Crippen LogP contribution in [0.5, 0.6) is 0 Å². The fourth-order valence-corrected chi connectivity index (χ4v) is 1.22. The zero-order valence-corrected chi connectivity index (χ0v) is 9.16. The van der Waals surface area contributed by atoms with Crippen molar-refractivity contribution in [2.24, 2.45) is 0 Å². The van der Waals surface area contributed by atoms with Crippen molar-refractivity contribution in [3.63, 3.8) is 0 Å². The topological polar surface area (TPSA) is 54.0 Å². The summed E-state index contributed by atoms with van der Waals surface area (Å²) in [4.78, 5) is 15.3. The van der Waals surface area contributed by atoms with Gasteiger partial charge in [0, 0.05) is 18.9 Å². The van der Waals surface area contributed by atoms with E-state index in [0.717, 1.165) is 12.0 Å². The van der Waals surface area contributed by atoms with Crippen LogP contribution in [0.4, 0.5) is 4.79 Å². The van der Waals surface area contributed by atoms with Gasteiger partial charge < -0.3 is 10.6 Å². The molecule has 15 heavy (non-hydrogen) atoms. The van der Waals surface area contributed by atoms with Gasteiger partial charge in [0.15, 0.2) is 0 Å². The number of nitrogens with one attached hydrogen (secondary N) is 2. The SMILES string of the molecule is CCCNC(=O)NC(C)c1ccncc1. The van der Waals surface area contributed by atoms with Gasteiger partial charge in [-0.1, -0.05) is 6.92 Å². The summed E-state index contributed by atoms with van der Waals surface area (Å²) in [7, 11) is 0. The summed E-state index contributed by atoms with van der Waals surface area (Å²) in [5.74, 6) is 0. The Morgan fingerprint density at radius 3 is 2.73 bits per heavy atom. The Hall–Kier alpha value is -1.58. The first kappa shape index (κ1) is 11.5. The lowest BCUT2D eigenvalue weighted by Crippen LogP contribution is -2.37. The summed E-state index contributed by atoms with van der Waals surface area (Å²) in [6.45, 7) is 4.67. The number of nitrogens with zero attached hydrogens (tertiary/aromatic N) is 1. The number of rotatable bonds is 4. The average Bonchev–Trinajstić information content (AvgIpc) is 2.27. The molecule has 0 aliphatic heterocycles. The van der Waals surface area contributed by atoms with Crippen LogP contribution in [0.3, 0.4) is 0 Å². The highest BCUT2D eigenvalue weighted by atomic mass is 16.2. The molecule has 0 radical (unpaired) electrons. The summed E-state index contributed by atoms with van der Waals surface area (Å²) in [5, 5.41) is 5.62. The van der Waals surface area contributed by atoms with Crippen molar-refractivity contribution in [3.05, 3.63) is 30.1 Å². The van der Waals surface area contributed by atoms with Crippen LogP contribution in [0.2, 0.25) is 0 Å². The Kier molecular flexibility index (Phi) is 4.60. The van der Waals surface area contributed by atoms with Gasteiger partial charge in [0.05, 0.1) is 6.04 Å². The number of urea groups is 1. The van der Waals surface area contributed by atoms with E-state index in [4.69, 9.17) is 0 Å². The van der Waals surface area contributed by atoms with E-state index < -0.39 is 0 Å². The number of pyridine rings is 1. The van der Waals surface area contributed by atoms with Crippen LogP contribution in [0, 0.1) is 0 Å². The number of hydrogen-bond donors (Lipinski definition) is 2. The van der Waals surface area contributed by atoms with Crippen molar-refractivity contribution in [3.8, 4) is 0 Å². The molecule has 0 saturated carbocycles. The number of carbonyl (C=O) groups excluding carboxylic acids is 1. The van der Waals surface area contributed by atoms with Gasteiger partial charge >= 0.3 is 6.03 Å². The lowest BCUT2D eigenvalue weighted by atomic mass is 10.1. The Morgan fingerprint density at radius 1 is 1.47 bits per heavy atom. The van der Waals surface area contributed by atoms with Gasteiger partial charge in [0.1, 0.15) is 0 Å². The Balaban J connectivity index is 2.42. The molecule has 1 unspecified atom stereocenters. The molecule has 0 bridgehead atoms. The molecule has 0 spiro atoms. The molecule has 1 aromatic heterocycles. The molecule has 0 saturated heterocycles. The Bertz CT molecular complexity index is 300. The number of amides is 2. The third-order valence-corrected chi connectivity index (χ3v) is 2.09. The van der Waals surface area contributed by atoms with E-state index >= 15 is 0 Å². The highest BCUT2D eigenvalue weighted by Gasteiger charge is 2.07. The summed E-state index contributed by atoms with van der Waals surface area (Å²) >= 11 is 0. The van der Waals surface area contributed by atoms with Crippen LogP contribution in [-0.2, 0) is 0 Å². The van der Waals surface area contributed by atoms with E-state index in [0.29, 0.717) is 6.54 Å². The second-order valence-corrected chi connectivity index (χ2v) is 3.40. The van der Waals surface area contributed by atoms with E-state index in [1.807, 2.05) is 26.0 Å². The van der Waals surface area contributed by atoms with E-state index in [1.165, 1.54) is 0 Å².